The molecule has 0 spiro atoms. The van der Waals surface area contributed by atoms with E-state index < -0.39 is 10.1 Å². The van der Waals surface area contributed by atoms with E-state index in [1.165, 1.54) is 38.5 Å². The number of rotatable bonds is 13. The Morgan fingerprint density at radius 3 is 1.65 bits per heavy atom. The van der Waals surface area contributed by atoms with Gasteiger partial charge in [-0.3, -0.25) is 4.55 Å². The Bertz CT molecular complexity index is 345. The molecule has 20 heavy (non-hydrogen) atoms. The monoisotopic (exact) mass is 304 g/mol. The third kappa shape index (κ3) is 14.1. The van der Waals surface area contributed by atoms with Crippen LogP contribution in [0.5, 0.6) is 0 Å². The molecule has 1 N–H and O–H groups in total. The molecule has 0 rings (SSSR count). The van der Waals surface area contributed by atoms with Gasteiger partial charge < -0.3 is 0 Å². The first-order valence-corrected chi connectivity index (χ1v) is 9.66. The molecule has 3 nitrogen and oxygen atoms in total. The van der Waals surface area contributed by atoms with Crippen molar-refractivity contribution in [3.8, 4) is 0 Å². The Balaban J connectivity index is 4.03. The summed E-state index contributed by atoms with van der Waals surface area (Å²) in [7, 11) is -3.98. The van der Waals surface area contributed by atoms with Crippen LogP contribution in [-0.4, -0.2) is 13.0 Å². The fourth-order valence-corrected chi connectivity index (χ4v) is 3.02. The summed E-state index contributed by atoms with van der Waals surface area (Å²) in [4.78, 5) is 0. The highest BCUT2D eigenvalue weighted by molar-refractivity contribution is 7.88. The van der Waals surface area contributed by atoms with E-state index in [0.717, 1.165) is 49.5 Å². The van der Waals surface area contributed by atoms with E-state index in [0.29, 0.717) is 0 Å². The van der Waals surface area contributed by atoms with Crippen LogP contribution >= 0.6 is 0 Å². The van der Waals surface area contributed by atoms with Crippen molar-refractivity contribution in [3.63, 3.8) is 0 Å². The Hall–Kier alpha value is -0.350. The molecule has 0 aliphatic carbocycles. The van der Waals surface area contributed by atoms with Gasteiger partial charge in [-0.25, -0.2) is 0 Å². The van der Waals surface area contributed by atoms with Crippen molar-refractivity contribution < 1.29 is 13.0 Å². The molecular formula is C16H32O3S. The highest BCUT2D eigenvalue weighted by Crippen LogP contribution is 2.19. The summed E-state index contributed by atoms with van der Waals surface area (Å²) in [5.41, 5.74) is 0.888. The number of hydrogen-bond acceptors (Lipinski definition) is 2. The lowest BCUT2D eigenvalue weighted by molar-refractivity contribution is 0.493. The van der Waals surface area contributed by atoms with Gasteiger partial charge >= 0.3 is 0 Å². The maximum atomic E-state index is 11.0. The smallest absolute Gasteiger partial charge is 0.282 e. The summed E-state index contributed by atoms with van der Waals surface area (Å²) in [6.45, 7) is 4.36. The van der Waals surface area contributed by atoms with Crippen LogP contribution in [-0.2, 0) is 10.1 Å². The Morgan fingerprint density at radius 1 is 0.800 bits per heavy atom. The van der Waals surface area contributed by atoms with Gasteiger partial charge in [0.25, 0.3) is 10.1 Å². The maximum Gasteiger partial charge on any atom is 0.287 e. The normalized spacial score (nSPS) is 12.8. The van der Waals surface area contributed by atoms with Crippen molar-refractivity contribution in [1.82, 2.24) is 0 Å². The molecule has 0 amide bonds. The zero-order chi connectivity index (χ0) is 15.3. The summed E-state index contributed by atoms with van der Waals surface area (Å²) in [5.74, 6) is 0. The standard InChI is InChI=1S/C16H32O3S/c1-3-5-7-9-10-12-14-16(15-20(17,18)19)13-11-8-6-4-2/h15H,3-14H2,1-2H3,(H,17,18,19). The lowest BCUT2D eigenvalue weighted by Crippen LogP contribution is -1.95. The average molecular weight is 304 g/mol. The van der Waals surface area contributed by atoms with Crippen molar-refractivity contribution in [2.45, 2.75) is 90.9 Å². The molecule has 0 aromatic carbocycles. The highest BCUT2D eigenvalue weighted by Gasteiger charge is 2.05. The lowest BCUT2D eigenvalue weighted by atomic mass is 10.0. The van der Waals surface area contributed by atoms with Crippen molar-refractivity contribution in [3.05, 3.63) is 11.0 Å². The fraction of sp³-hybridized carbons (Fsp3) is 0.875. The largest absolute Gasteiger partial charge is 0.287 e. The van der Waals surface area contributed by atoms with E-state index in [1.54, 1.807) is 0 Å². The van der Waals surface area contributed by atoms with E-state index in [1.807, 2.05) is 0 Å². The van der Waals surface area contributed by atoms with E-state index in [9.17, 15) is 8.42 Å². The Kier molecular flexibility index (Phi) is 12.2. The second-order valence-electron chi connectivity index (χ2n) is 5.62. The van der Waals surface area contributed by atoms with Gasteiger partial charge in [0.15, 0.2) is 0 Å². The second-order valence-corrected chi connectivity index (χ2v) is 6.89. The van der Waals surface area contributed by atoms with Crippen LogP contribution in [0.2, 0.25) is 0 Å². The first-order valence-electron chi connectivity index (χ1n) is 8.16. The molecule has 0 heterocycles. The molecule has 0 aliphatic rings. The van der Waals surface area contributed by atoms with E-state index in [-0.39, 0.29) is 0 Å². The minimum Gasteiger partial charge on any atom is -0.282 e. The van der Waals surface area contributed by atoms with E-state index in [2.05, 4.69) is 13.8 Å². The molecule has 0 radical (unpaired) electrons. The van der Waals surface area contributed by atoms with Gasteiger partial charge in [-0.1, -0.05) is 70.8 Å². The highest BCUT2D eigenvalue weighted by atomic mass is 32.2. The zero-order valence-corrected chi connectivity index (χ0v) is 14.1. The molecule has 0 unspecified atom stereocenters. The third-order valence-electron chi connectivity index (χ3n) is 3.52. The minimum absolute atomic E-state index is 0.800. The van der Waals surface area contributed by atoms with Crippen LogP contribution in [0.15, 0.2) is 11.0 Å². The van der Waals surface area contributed by atoms with Crippen LogP contribution in [0.1, 0.15) is 90.9 Å². The zero-order valence-electron chi connectivity index (χ0n) is 13.2. The molecular weight excluding hydrogens is 272 g/mol. The molecule has 120 valence electrons. The van der Waals surface area contributed by atoms with Gasteiger partial charge in [-0.15, -0.1) is 0 Å². The number of unbranched alkanes of at least 4 members (excludes halogenated alkanes) is 8. The summed E-state index contributed by atoms with van der Waals surface area (Å²) in [6, 6.07) is 0. The van der Waals surface area contributed by atoms with Gasteiger partial charge in [0.2, 0.25) is 0 Å². The molecule has 0 fully saturated rings. The quantitative estimate of drug-likeness (QED) is 0.362. The lowest BCUT2D eigenvalue weighted by Gasteiger charge is -2.07. The molecule has 4 heteroatoms. The molecule has 0 saturated carbocycles. The molecule has 0 aromatic rings. The Morgan fingerprint density at radius 2 is 1.20 bits per heavy atom. The number of allylic oxidation sites excluding steroid dienone is 1. The Labute approximate surface area is 125 Å². The first-order chi connectivity index (χ1) is 9.49. The molecule has 0 atom stereocenters. The van der Waals surface area contributed by atoms with Crippen LogP contribution in [0, 0.1) is 0 Å². The van der Waals surface area contributed by atoms with Crippen LogP contribution in [0.4, 0.5) is 0 Å². The molecule has 0 aromatic heterocycles. The van der Waals surface area contributed by atoms with Crippen molar-refractivity contribution in [2.24, 2.45) is 0 Å². The van der Waals surface area contributed by atoms with Gasteiger partial charge in [0.05, 0.1) is 5.41 Å². The summed E-state index contributed by atoms with van der Waals surface area (Å²) in [6.07, 6.45) is 13.3. The predicted octanol–water partition coefficient (Wildman–Crippen LogP) is 5.48. The SMILES string of the molecule is CCCCCCCCC(=CS(=O)(=O)O)CCCCCC. The van der Waals surface area contributed by atoms with Crippen molar-refractivity contribution >= 4 is 10.1 Å². The fourth-order valence-electron chi connectivity index (χ4n) is 2.36. The third-order valence-corrected chi connectivity index (χ3v) is 4.15. The minimum atomic E-state index is -3.98. The van der Waals surface area contributed by atoms with E-state index >= 15 is 0 Å². The predicted molar refractivity (Wildman–Crippen MR) is 86.4 cm³/mol. The van der Waals surface area contributed by atoms with Gasteiger partial charge in [-0.05, 0) is 25.7 Å². The average Bonchev–Trinajstić information content (AvgIpc) is 2.36. The topological polar surface area (TPSA) is 54.4 Å². The van der Waals surface area contributed by atoms with Gasteiger partial charge in [-0.2, -0.15) is 8.42 Å². The van der Waals surface area contributed by atoms with Crippen LogP contribution < -0.4 is 0 Å². The first kappa shape index (κ1) is 19.7. The van der Waals surface area contributed by atoms with Gasteiger partial charge in [0, 0.05) is 0 Å². The summed E-state index contributed by atoms with van der Waals surface area (Å²) in [5, 5.41) is 1.07. The maximum absolute atomic E-state index is 11.0. The second kappa shape index (κ2) is 12.4. The van der Waals surface area contributed by atoms with Crippen molar-refractivity contribution in [1.29, 1.82) is 0 Å². The number of hydrogen-bond donors (Lipinski definition) is 1. The van der Waals surface area contributed by atoms with Crippen molar-refractivity contribution in [2.75, 3.05) is 0 Å². The van der Waals surface area contributed by atoms with Crippen LogP contribution in [0.3, 0.4) is 0 Å². The molecule has 0 saturated heterocycles. The van der Waals surface area contributed by atoms with Gasteiger partial charge in [0.1, 0.15) is 0 Å². The molecule has 0 bridgehead atoms. The summed E-state index contributed by atoms with van der Waals surface area (Å²) < 4.78 is 30.9. The van der Waals surface area contributed by atoms with Crippen LogP contribution in [0.25, 0.3) is 0 Å². The molecule has 0 aliphatic heterocycles. The van der Waals surface area contributed by atoms with E-state index in [4.69, 9.17) is 4.55 Å². The summed E-state index contributed by atoms with van der Waals surface area (Å²) >= 11 is 0.